The molecule has 7 heteroatoms. The van der Waals surface area contributed by atoms with Crippen molar-refractivity contribution in [2.24, 2.45) is 0 Å². The van der Waals surface area contributed by atoms with Gasteiger partial charge in [-0.05, 0) is 57.1 Å². The Balaban J connectivity index is 1.55. The molecule has 1 fully saturated rings. The van der Waals surface area contributed by atoms with Crippen LogP contribution in [-0.4, -0.2) is 52.3 Å². The molecule has 31 heavy (non-hydrogen) atoms. The third-order valence-corrected chi connectivity index (χ3v) is 6.22. The van der Waals surface area contributed by atoms with Crippen LogP contribution in [0, 0.1) is 13.8 Å². The normalized spacial score (nSPS) is 19.4. The van der Waals surface area contributed by atoms with Gasteiger partial charge in [0.05, 0.1) is 12.2 Å². The van der Waals surface area contributed by atoms with E-state index in [1.807, 2.05) is 26.2 Å². The molecule has 2 unspecified atom stereocenters. The van der Waals surface area contributed by atoms with Crippen molar-refractivity contribution < 1.29 is 9.53 Å². The number of nitrogens with one attached hydrogen (secondary N) is 1. The number of amides is 1. The maximum atomic E-state index is 12.5. The van der Waals surface area contributed by atoms with Crippen LogP contribution in [0.15, 0.2) is 29.4 Å². The van der Waals surface area contributed by atoms with Crippen molar-refractivity contribution in [2.45, 2.75) is 71.0 Å². The van der Waals surface area contributed by atoms with E-state index in [0.717, 1.165) is 41.7 Å². The topological polar surface area (TPSA) is 67.4 Å². The van der Waals surface area contributed by atoms with E-state index in [2.05, 4.69) is 52.2 Å². The van der Waals surface area contributed by atoms with Gasteiger partial charge in [-0.2, -0.15) is 0 Å². The summed E-state index contributed by atoms with van der Waals surface area (Å²) in [5, 5.41) is 3.88. The zero-order valence-corrected chi connectivity index (χ0v) is 20.1. The summed E-state index contributed by atoms with van der Waals surface area (Å²) in [4.78, 5) is 24.0. The molecule has 1 aromatic heterocycles. The van der Waals surface area contributed by atoms with Crippen LogP contribution >= 0.6 is 11.8 Å². The highest BCUT2D eigenvalue weighted by molar-refractivity contribution is 7.98. The molecule has 0 bridgehead atoms. The lowest BCUT2D eigenvalue weighted by atomic mass is 10.0. The van der Waals surface area contributed by atoms with Crippen molar-refractivity contribution in [1.29, 1.82) is 0 Å². The number of hydrogen-bond acceptors (Lipinski definition) is 6. The maximum absolute atomic E-state index is 12.5. The number of carbonyl (C=O) groups is 1. The van der Waals surface area contributed by atoms with Gasteiger partial charge in [0.1, 0.15) is 0 Å². The van der Waals surface area contributed by atoms with Gasteiger partial charge >= 0.3 is 0 Å². The summed E-state index contributed by atoms with van der Waals surface area (Å²) in [7, 11) is 0. The third kappa shape index (κ3) is 6.76. The Bertz CT molecular complexity index is 872. The lowest BCUT2D eigenvalue weighted by molar-refractivity contribution is -0.121. The average Bonchev–Trinajstić information content (AvgIpc) is 2.71. The zero-order valence-electron chi connectivity index (χ0n) is 19.3. The van der Waals surface area contributed by atoms with E-state index in [0.29, 0.717) is 19.4 Å². The van der Waals surface area contributed by atoms with Gasteiger partial charge in [-0.3, -0.25) is 9.69 Å². The van der Waals surface area contributed by atoms with Crippen molar-refractivity contribution in [3.63, 3.8) is 0 Å². The first-order valence-corrected chi connectivity index (χ1v) is 12.2. The summed E-state index contributed by atoms with van der Waals surface area (Å²) in [5.41, 5.74) is 5.43. The summed E-state index contributed by atoms with van der Waals surface area (Å²) >= 11 is 1.54. The molecular formula is C24H34N4O2S. The number of benzene rings is 1. The first-order valence-electron chi connectivity index (χ1n) is 10.9. The molecule has 1 N–H and O–H groups in total. The van der Waals surface area contributed by atoms with Gasteiger partial charge in [-0.15, -0.1) is 0 Å². The van der Waals surface area contributed by atoms with Crippen molar-refractivity contribution in [3.05, 3.63) is 52.3 Å². The number of morpholine rings is 1. The van der Waals surface area contributed by atoms with Crippen LogP contribution in [0.2, 0.25) is 0 Å². The van der Waals surface area contributed by atoms with Crippen LogP contribution in [0.5, 0.6) is 0 Å². The Hall–Kier alpha value is -1.96. The Morgan fingerprint density at radius 3 is 2.35 bits per heavy atom. The fourth-order valence-corrected chi connectivity index (χ4v) is 4.68. The Labute approximate surface area is 190 Å². The molecule has 1 aliphatic heterocycles. The van der Waals surface area contributed by atoms with E-state index in [1.54, 1.807) is 0 Å². The SMILES string of the molecule is CSc1nc(C)c(CCC(=O)NCc2ccccc2CN2CC(C)OC(C)C2)c(C)n1. The highest BCUT2D eigenvalue weighted by Gasteiger charge is 2.22. The fraction of sp³-hybridized carbons (Fsp3) is 0.542. The molecule has 1 aromatic carbocycles. The molecule has 1 amide bonds. The van der Waals surface area contributed by atoms with Gasteiger partial charge in [-0.1, -0.05) is 36.0 Å². The summed E-state index contributed by atoms with van der Waals surface area (Å²) in [6, 6.07) is 8.36. The quantitative estimate of drug-likeness (QED) is 0.497. The summed E-state index contributed by atoms with van der Waals surface area (Å²) in [5.74, 6) is 0.0520. The van der Waals surface area contributed by atoms with Crippen LogP contribution < -0.4 is 5.32 Å². The molecule has 1 aliphatic rings. The second-order valence-corrected chi connectivity index (χ2v) is 9.13. The number of aryl methyl sites for hydroxylation is 2. The second kappa shape index (κ2) is 11.1. The molecule has 2 atom stereocenters. The highest BCUT2D eigenvalue weighted by Crippen LogP contribution is 2.18. The molecule has 6 nitrogen and oxygen atoms in total. The standard InChI is InChI=1S/C24H34N4O2S/c1-16-13-28(14-17(2)30-16)15-21-9-7-6-8-20(21)12-25-23(29)11-10-22-18(3)26-24(31-5)27-19(22)4/h6-9,16-17H,10-15H2,1-5H3,(H,25,29). The fourth-order valence-electron chi connectivity index (χ4n) is 4.22. The third-order valence-electron chi connectivity index (χ3n) is 5.67. The number of carbonyl (C=O) groups excluding carboxylic acids is 1. The lowest BCUT2D eigenvalue weighted by Gasteiger charge is -2.35. The summed E-state index contributed by atoms with van der Waals surface area (Å²) in [6.07, 6.45) is 3.56. The lowest BCUT2D eigenvalue weighted by Crippen LogP contribution is -2.45. The average molecular weight is 443 g/mol. The Morgan fingerprint density at radius 1 is 1.13 bits per heavy atom. The number of aromatic nitrogens is 2. The molecule has 1 saturated heterocycles. The molecular weight excluding hydrogens is 408 g/mol. The molecule has 0 spiro atoms. The van der Waals surface area contributed by atoms with E-state index in [4.69, 9.17) is 4.74 Å². The molecule has 2 heterocycles. The van der Waals surface area contributed by atoms with Gasteiger partial charge in [0, 0.05) is 44.0 Å². The van der Waals surface area contributed by atoms with E-state index < -0.39 is 0 Å². The van der Waals surface area contributed by atoms with Gasteiger partial charge in [0.15, 0.2) is 5.16 Å². The van der Waals surface area contributed by atoms with E-state index >= 15 is 0 Å². The van der Waals surface area contributed by atoms with Gasteiger partial charge in [0.25, 0.3) is 0 Å². The zero-order chi connectivity index (χ0) is 22.4. The first-order chi connectivity index (χ1) is 14.9. The second-order valence-electron chi connectivity index (χ2n) is 8.36. The van der Waals surface area contributed by atoms with Crippen LogP contribution in [0.25, 0.3) is 0 Å². The predicted molar refractivity (Wildman–Crippen MR) is 125 cm³/mol. The molecule has 3 rings (SSSR count). The maximum Gasteiger partial charge on any atom is 0.220 e. The minimum Gasteiger partial charge on any atom is -0.373 e. The van der Waals surface area contributed by atoms with Crippen molar-refractivity contribution in [3.8, 4) is 0 Å². The van der Waals surface area contributed by atoms with E-state index in [1.165, 1.54) is 22.9 Å². The smallest absolute Gasteiger partial charge is 0.220 e. The van der Waals surface area contributed by atoms with E-state index in [9.17, 15) is 4.79 Å². The van der Waals surface area contributed by atoms with Crippen LogP contribution in [-0.2, 0) is 29.0 Å². The number of nitrogens with zero attached hydrogens (tertiary/aromatic N) is 3. The molecule has 2 aromatic rings. The first kappa shape index (κ1) is 23.7. The van der Waals surface area contributed by atoms with Gasteiger partial charge < -0.3 is 10.1 Å². The minimum absolute atomic E-state index is 0.0520. The number of rotatable bonds is 8. The molecule has 168 valence electrons. The largest absolute Gasteiger partial charge is 0.373 e. The van der Waals surface area contributed by atoms with Gasteiger partial charge in [0.2, 0.25) is 5.91 Å². The van der Waals surface area contributed by atoms with Crippen molar-refractivity contribution in [1.82, 2.24) is 20.2 Å². The van der Waals surface area contributed by atoms with Crippen LogP contribution in [0.1, 0.15) is 48.3 Å². The number of hydrogen-bond donors (Lipinski definition) is 1. The Morgan fingerprint density at radius 2 is 1.74 bits per heavy atom. The summed E-state index contributed by atoms with van der Waals surface area (Å²) < 4.78 is 5.85. The minimum atomic E-state index is 0.0520. The van der Waals surface area contributed by atoms with Crippen molar-refractivity contribution >= 4 is 17.7 Å². The monoisotopic (exact) mass is 442 g/mol. The predicted octanol–water partition coefficient (Wildman–Crippen LogP) is 3.67. The summed E-state index contributed by atoms with van der Waals surface area (Å²) in [6.45, 7) is 11.5. The molecule has 0 aliphatic carbocycles. The molecule has 0 radical (unpaired) electrons. The van der Waals surface area contributed by atoms with Crippen molar-refractivity contribution in [2.75, 3.05) is 19.3 Å². The van der Waals surface area contributed by atoms with Gasteiger partial charge in [-0.25, -0.2) is 9.97 Å². The number of thioether (sulfide) groups is 1. The highest BCUT2D eigenvalue weighted by atomic mass is 32.2. The van der Waals surface area contributed by atoms with E-state index in [-0.39, 0.29) is 18.1 Å². The Kier molecular flexibility index (Phi) is 8.46. The molecule has 0 saturated carbocycles. The van der Waals surface area contributed by atoms with Crippen LogP contribution in [0.3, 0.4) is 0 Å². The number of ether oxygens (including phenoxy) is 1. The van der Waals surface area contributed by atoms with Crippen LogP contribution in [0.4, 0.5) is 0 Å².